The molecule has 0 amide bonds. The summed E-state index contributed by atoms with van der Waals surface area (Å²) in [5, 5.41) is 0. The van der Waals surface area contributed by atoms with Crippen LogP contribution in [0.25, 0.3) is 0 Å². The zero-order valence-electron chi connectivity index (χ0n) is 10.9. The van der Waals surface area contributed by atoms with Gasteiger partial charge in [-0.15, -0.1) is 0 Å². The average Bonchev–Trinajstić information content (AvgIpc) is 2.98. The molecule has 1 aromatic heterocycles. The lowest BCUT2D eigenvalue weighted by atomic mass is 9.79. The summed E-state index contributed by atoms with van der Waals surface area (Å²) in [6, 6.07) is 2.04. The van der Waals surface area contributed by atoms with Crippen molar-refractivity contribution in [2.45, 2.75) is 37.8 Å². The zero-order valence-corrected chi connectivity index (χ0v) is 10.9. The SMILES string of the molecule is Cc1occc1C(N)C1CCOC2(CCOC2)C1. The van der Waals surface area contributed by atoms with Crippen LogP contribution < -0.4 is 5.73 Å². The normalized spacial score (nSPS) is 34.0. The molecule has 2 N–H and O–H groups in total. The van der Waals surface area contributed by atoms with E-state index in [-0.39, 0.29) is 11.6 Å². The quantitative estimate of drug-likeness (QED) is 0.875. The van der Waals surface area contributed by atoms with Crippen molar-refractivity contribution < 1.29 is 13.9 Å². The summed E-state index contributed by atoms with van der Waals surface area (Å²) in [7, 11) is 0. The maximum absolute atomic E-state index is 6.41. The van der Waals surface area contributed by atoms with E-state index in [1.165, 1.54) is 0 Å². The van der Waals surface area contributed by atoms with Gasteiger partial charge in [0.05, 0.1) is 18.5 Å². The molecule has 3 heterocycles. The molecule has 2 aliphatic rings. The fraction of sp³-hybridized carbons (Fsp3) is 0.714. The van der Waals surface area contributed by atoms with Crippen molar-refractivity contribution in [1.29, 1.82) is 0 Å². The summed E-state index contributed by atoms with van der Waals surface area (Å²) in [6.07, 6.45) is 4.74. The maximum Gasteiger partial charge on any atom is 0.105 e. The van der Waals surface area contributed by atoms with E-state index in [0.717, 1.165) is 50.4 Å². The highest BCUT2D eigenvalue weighted by atomic mass is 16.6. The Bertz CT molecular complexity index is 409. The largest absolute Gasteiger partial charge is 0.469 e. The van der Waals surface area contributed by atoms with Crippen LogP contribution in [0.4, 0.5) is 0 Å². The molecule has 1 spiro atoms. The molecule has 4 nitrogen and oxygen atoms in total. The van der Waals surface area contributed by atoms with E-state index in [0.29, 0.717) is 5.92 Å². The standard InChI is InChI=1S/C14H21NO3/c1-10-12(3-5-17-10)13(15)11-2-6-18-14(8-11)4-7-16-9-14/h3,5,11,13H,2,4,6-9,15H2,1H3. The van der Waals surface area contributed by atoms with Gasteiger partial charge in [0, 0.05) is 31.2 Å². The molecular formula is C14H21NO3. The Hall–Kier alpha value is -0.840. The number of hydrogen-bond donors (Lipinski definition) is 1. The van der Waals surface area contributed by atoms with Gasteiger partial charge in [0.2, 0.25) is 0 Å². The van der Waals surface area contributed by atoms with Crippen LogP contribution >= 0.6 is 0 Å². The molecule has 2 saturated heterocycles. The van der Waals surface area contributed by atoms with Crippen molar-refractivity contribution in [3.8, 4) is 0 Å². The molecule has 3 atom stereocenters. The van der Waals surface area contributed by atoms with Crippen molar-refractivity contribution in [2.75, 3.05) is 19.8 Å². The van der Waals surface area contributed by atoms with Crippen LogP contribution in [-0.2, 0) is 9.47 Å². The molecule has 100 valence electrons. The van der Waals surface area contributed by atoms with Crippen LogP contribution in [0.1, 0.15) is 36.6 Å². The summed E-state index contributed by atoms with van der Waals surface area (Å²) in [5.74, 6) is 1.39. The van der Waals surface area contributed by atoms with Gasteiger partial charge in [0.25, 0.3) is 0 Å². The van der Waals surface area contributed by atoms with E-state index in [9.17, 15) is 0 Å². The van der Waals surface area contributed by atoms with Gasteiger partial charge >= 0.3 is 0 Å². The van der Waals surface area contributed by atoms with Gasteiger partial charge in [-0.2, -0.15) is 0 Å². The fourth-order valence-electron chi connectivity index (χ4n) is 3.23. The van der Waals surface area contributed by atoms with Crippen LogP contribution in [-0.4, -0.2) is 25.4 Å². The predicted octanol–water partition coefficient (Wildman–Crippen LogP) is 2.17. The highest BCUT2D eigenvalue weighted by Crippen LogP contribution is 2.40. The molecule has 2 fully saturated rings. The maximum atomic E-state index is 6.41. The molecule has 1 aromatic rings. The Morgan fingerprint density at radius 3 is 3.00 bits per heavy atom. The number of hydrogen-bond acceptors (Lipinski definition) is 4. The Kier molecular flexibility index (Phi) is 3.18. The third-order valence-corrected chi connectivity index (χ3v) is 4.36. The van der Waals surface area contributed by atoms with Gasteiger partial charge in [-0.25, -0.2) is 0 Å². The molecule has 3 rings (SSSR count). The number of aryl methyl sites for hydroxylation is 1. The van der Waals surface area contributed by atoms with Gasteiger partial charge in [-0.05, 0) is 31.7 Å². The minimum absolute atomic E-state index is 0.0464. The second kappa shape index (κ2) is 4.68. The third kappa shape index (κ3) is 2.09. The van der Waals surface area contributed by atoms with Crippen molar-refractivity contribution in [3.05, 3.63) is 23.7 Å². The molecule has 0 bridgehead atoms. The van der Waals surface area contributed by atoms with Crippen LogP contribution in [0.2, 0.25) is 0 Å². The third-order valence-electron chi connectivity index (χ3n) is 4.36. The van der Waals surface area contributed by atoms with Crippen LogP contribution in [0.5, 0.6) is 0 Å². The molecule has 18 heavy (non-hydrogen) atoms. The number of furan rings is 1. The van der Waals surface area contributed by atoms with E-state index in [1.54, 1.807) is 6.26 Å². The minimum Gasteiger partial charge on any atom is -0.469 e. The van der Waals surface area contributed by atoms with Crippen LogP contribution in [0.15, 0.2) is 16.7 Å². The monoisotopic (exact) mass is 251 g/mol. The molecule has 0 aliphatic carbocycles. The summed E-state index contributed by atoms with van der Waals surface area (Å²) < 4.78 is 16.8. The lowest BCUT2D eigenvalue weighted by molar-refractivity contribution is -0.101. The van der Waals surface area contributed by atoms with Crippen LogP contribution in [0, 0.1) is 12.8 Å². The smallest absolute Gasteiger partial charge is 0.105 e. The van der Waals surface area contributed by atoms with E-state index in [4.69, 9.17) is 19.6 Å². The highest BCUT2D eigenvalue weighted by molar-refractivity contribution is 5.21. The summed E-state index contributed by atoms with van der Waals surface area (Å²) in [6.45, 7) is 4.30. The molecule has 0 saturated carbocycles. The highest BCUT2D eigenvalue weighted by Gasteiger charge is 2.42. The zero-order chi connectivity index (χ0) is 12.6. The van der Waals surface area contributed by atoms with Gasteiger partial charge in [-0.3, -0.25) is 0 Å². The number of rotatable bonds is 2. The van der Waals surface area contributed by atoms with Crippen molar-refractivity contribution in [1.82, 2.24) is 0 Å². The first kappa shape index (κ1) is 12.2. The van der Waals surface area contributed by atoms with E-state index < -0.39 is 0 Å². The fourth-order valence-corrected chi connectivity index (χ4v) is 3.23. The molecular weight excluding hydrogens is 230 g/mol. The summed E-state index contributed by atoms with van der Waals surface area (Å²) in [4.78, 5) is 0. The van der Waals surface area contributed by atoms with Crippen molar-refractivity contribution in [2.24, 2.45) is 11.7 Å². The first-order valence-electron chi connectivity index (χ1n) is 6.71. The van der Waals surface area contributed by atoms with Gasteiger partial charge in [0.1, 0.15) is 5.76 Å². The van der Waals surface area contributed by atoms with Gasteiger partial charge in [-0.1, -0.05) is 0 Å². The Balaban J connectivity index is 1.74. The Morgan fingerprint density at radius 2 is 2.33 bits per heavy atom. The average molecular weight is 251 g/mol. The lowest BCUT2D eigenvalue weighted by Crippen LogP contribution is -2.43. The van der Waals surface area contributed by atoms with Crippen molar-refractivity contribution >= 4 is 0 Å². The first-order chi connectivity index (χ1) is 8.70. The van der Waals surface area contributed by atoms with Gasteiger partial charge in [0.15, 0.2) is 0 Å². The van der Waals surface area contributed by atoms with Gasteiger partial charge < -0.3 is 19.6 Å². The Labute approximate surface area is 107 Å². The second-order valence-electron chi connectivity index (χ2n) is 5.54. The molecule has 2 aliphatic heterocycles. The summed E-state index contributed by atoms with van der Waals surface area (Å²) in [5.41, 5.74) is 7.47. The Morgan fingerprint density at radius 1 is 1.44 bits per heavy atom. The first-order valence-corrected chi connectivity index (χ1v) is 6.71. The van der Waals surface area contributed by atoms with E-state index >= 15 is 0 Å². The summed E-state index contributed by atoms with van der Waals surface area (Å²) >= 11 is 0. The molecule has 3 unspecified atom stereocenters. The molecule has 0 radical (unpaired) electrons. The van der Waals surface area contributed by atoms with Crippen molar-refractivity contribution in [3.63, 3.8) is 0 Å². The topological polar surface area (TPSA) is 57.6 Å². The van der Waals surface area contributed by atoms with E-state index in [1.807, 2.05) is 13.0 Å². The number of nitrogens with two attached hydrogens (primary N) is 1. The molecule has 0 aromatic carbocycles. The predicted molar refractivity (Wildman–Crippen MR) is 67.2 cm³/mol. The lowest BCUT2D eigenvalue weighted by Gasteiger charge is -2.39. The second-order valence-corrected chi connectivity index (χ2v) is 5.54. The van der Waals surface area contributed by atoms with Crippen LogP contribution in [0.3, 0.4) is 0 Å². The molecule has 4 heteroatoms. The minimum atomic E-state index is -0.0713. The number of ether oxygens (including phenoxy) is 2. The van der Waals surface area contributed by atoms with E-state index in [2.05, 4.69) is 0 Å².